The lowest BCUT2D eigenvalue weighted by molar-refractivity contribution is -0.141. The minimum atomic E-state index is -0.977. The summed E-state index contributed by atoms with van der Waals surface area (Å²) >= 11 is 0. The minimum absolute atomic E-state index is 0.0305. The van der Waals surface area contributed by atoms with E-state index in [1.54, 1.807) is 19.1 Å². The summed E-state index contributed by atoms with van der Waals surface area (Å²) in [7, 11) is 1.53. The zero-order chi connectivity index (χ0) is 19.7. The number of nitrogens with zero attached hydrogens (tertiary/aromatic N) is 1. The molecule has 0 bridgehead atoms. The molecule has 1 aromatic heterocycles. The van der Waals surface area contributed by atoms with Gasteiger partial charge in [0.25, 0.3) is 11.5 Å². The summed E-state index contributed by atoms with van der Waals surface area (Å²) in [5.74, 6) is -2.02. The molecule has 0 aliphatic carbocycles. The van der Waals surface area contributed by atoms with Crippen molar-refractivity contribution in [3.8, 4) is 5.75 Å². The number of H-pyrrole nitrogens is 1. The highest BCUT2D eigenvalue weighted by Crippen LogP contribution is 2.38. The lowest BCUT2D eigenvalue weighted by Gasteiger charge is -2.18. The number of aliphatic carboxylic acids is 1. The van der Waals surface area contributed by atoms with Gasteiger partial charge in [-0.15, -0.1) is 0 Å². The largest absolute Gasteiger partial charge is 0.496 e. The van der Waals surface area contributed by atoms with Crippen molar-refractivity contribution in [1.29, 1.82) is 0 Å². The predicted molar refractivity (Wildman–Crippen MR) is 99.3 cm³/mol. The van der Waals surface area contributed by atoms with E-state index in [0.29, 0.717) is 11.4 Å². The Morgan fingerprint density at radius 1 is 1.22 bits per heavy atom. The first-order valence-corrected chi connectivity index (χ1v) is 8.69. The summed E-state index contributed by atoms with van der Waals surface area (Å²) in [4.78, 5) is 41.0. The molecule has 0 saturated carbocycles. The number of ether oxygens (including phenoxy) is 1. The third kappa shape index (κ3) is 3.45. The maximum Gasteiger partial charge on any atom is 0.308 e. The Hall–Kier alpha value is -3.09. The SMILES string of the molecule is COc1ccccc1[C@H]1CN(C(=O)c2cc(C)c(C)[nH]c2=O)C[C@@H]1C(=O)O. The second kappa shape index (κ2) is 7.26. The molecule has 1 amide bonds. The van der Waals surface area contributed by atoms with Crippen LogP contribution in [0.2, 0.25) is 0 Å². The van der Waals surface area contributed by atoms with E-state index in [9.17, 15) is 19.5 Å². The monoisotopic (exact) mass is 370 g/mol. The zero-order valence-corrected chi connectivity index (χ0v) is 15.5. The second-order valence-electron chi connectivity index (χ2n) is 6.82. The summed E-state index contributed by atoms with van der Waals surface area (Å²) in [6.07, 6.45) is 0. The molecule has 7 nitrogen and oxygen atoms in total. The third-order valence-corrected chi connectivity index (χ3v) is 5.19. The van der Waals surface area contributed by atoms with E-state index in [1.807, 2.05) is 25.1 Å². The number of methoxy groups -OCH3 is 1. The van der Waals surface area contributed by atoms with Crippen molar-refractivity contribution in [3.05, 3.63) is 63.1 Å². The number of aromatic amines is 1. The van der Waals surface area contributed by atoms with Crippen molar-refractivity contribution < 1.29 is 19.4 Å². The van der Waals surface area contributed by atoms with Crippen LogP contribution >= 0.6 is 0 Å². The number of amides is 1. The summed E-state index contributed by atoms with van der Waals surface area (Å²) in [5.41, 5.74) is 1.82. The fourth-order valence-electron chi connectivity index (χ4n) is 3.56. The van der Waals surface area contributed by atoms with Gasteiger partial charge in [0.05, 0.1) is 13.0 Å². The van der Waals surface area contributed by atoms with Crippen molar-refractivity contribution in [2.45, 2.75) is 19.8 Å². The second-order valence-corrected chi connectivity index (χ2v) is 6.82. The molecule has 1 fully saturated rings. The van der Waals surface area contributed by atoms with Crippen LogP contribution < -0.4 is 10.3 Å². The fraction of sp³-hybridized carbons (Fsp3) is 0.350. The average Bonchev–Trinajstić information content (AvgIpc) is 3.09. The number of hydrogen-bond donors (Lipinski definition) is 2. The van der Waals surface area contributed by atoms with Crippen LogP contribution in [0.4, 0.5) is 0 Å². The van der Waals surface area contributed by atoms with Gasteiger partial charge in [-0.05, 0) is 37.1 Å². The van der Waals surface area contributed by atoms with Crippen molar-refractivity contribution in [2.24, 2.45) is 5.92 Å². The molecule has 142 valence electrons. The number of para-hydroxylation sites is 1. The number of likely N-dealkylation sites (tertiary alicyclic amines) is 1. The van der Waals surface area contributed by atoms with Gasteiger partial charge in [-0.25, -0.2) is 0 Å². The zero-order valence-electron chi connectivity index (χ0n) is 15.5. The molecule has 2 aromatic rings. The Morgan fingerprint density at radius 2 is 1.93 bits per heavy atom. The summed E-state index contributed by atoms with van der Waals surface area (Å²) in [5, 5.41) is 9.67. The first-order chi connectivity index (χ1) is 12.8. The quantitative estimate of drug-likeness (QED) is 0.857. The number of carbonyl (C=O) groups is 2. The number of carboxylic acid groups (broad SMARTS) is 1. The van der Waals surface area contributed by atoms with Gasteiger partial charge in [0.15, 0.2) is 0 Å². The molecule has 3 rings (SSSR count). The predicted octanol–water partition coefficient (Wildman–Crippen LogP) is 1.94. The van der Waals surface area contributed by atoms with Crippen LogP contribution in [0.1, 0.15) is 33.1 Å². The summed E-state index contributed by atoms with van der Waals surface area (Å²) in [6, 6.07) is 8.77. The molecule has 27 heavy (non-hydrogen) atoms. The van der Waals surface area contributed by atoms with Crippen LogP contribution in [0.5, 0.6) is 5.75 Å². The normalized spacial score (nSPS) is 19.1. The van der Waals surface area contributed by atoms with Crippen molar-refractivity contribution in [1.82, 2.24) is 9.88 Å². The Labute approximate surface area is 156 Å². The maximum atomic E-state index is 12.9. The molecule has 2 N–H and O–H groups in total. The first-order valence-electron chi connectivity index (χ1n) is 8.69. The van der Waals surface area contributed by atoms with Crippen molar-refractivity contribution >= 4 is 11.9 Å². The molecular formula is C20H22N2O5. The van der Waals surface area contributed by atoms with E-state index >= 15 is 0 Å². The molecule has 0 radical (unpaired) electrons. The Bertz CT molecular complexity index is 950. The fourth-order valence-corrected chi connectivity index (χ4v) is 3.56. The molecule has 0 unspecified atom stereocenters. The van der Waals surface area contributed by atoms with Gasteiger partial charge in [-0.3, -0.25) is 14.4 Å². The van der Waals surface area contributed by atoms with E-state index in [-0.39, 0.29) is 18.7 Å². The van der Waals surface area contributed by atoms with Gasteiger partial charge in [-0.2, -0.15) is 0 Å². The van der Waals surface area contributed by atoms with Crippen LogP contribution in [0.25, 0.3) is 0 Å². The van der Waals surface area contributed by atoms with Crippen molar-refractivity contribution in [2.75, 3.05) is 20.2 Å². The number of aryl methyl sites for hydroxylation is 2. The van der Waals surface area contributed by atoms with Crippen LogP contribution in [-0.2, 0) is 4.79 Å². The minimum Gasteiger partial charge on any atom is -0.496 e. The van der Waals surface area contributed by atoms with E-state index in [0.717, 1.165) is 11.1 Å². The Balaban J connectivity index is 1.95. The van der Waals surface area contributed by atoms with E-state index in [4.69, 9.17) is 4.74 Å². The average molecular weight is 370 g/mol. The molecule has 1 aliphatic rings. The van der Waals surface area contributed by atoms with Gasteiger partial charge < -0.3 is 19.7 Å². The smallest absolute Gasteiger partial charge is 0.308 e. The molecule has 0 spiro atoms. The van der Waals surface area contributed by atoms with Crippen LogP contribution in [0.3, 0.4) is 0 Å². The topological polar surface area (TPSA) is 99.7 Å². The van der Waals surface area contributed by atoms with E-state index in [1.165, 1.54) is 12.0 Å². The standard InChI is InChI=1S/C20H22N2O5/c1-11-8-14(18(23)21-12(11)2)19(24)22-9-15(16(10-22)20(25)26)13-6-4-5-7-17(13)27-3/h4-8,15-16H,9-10H2,1-3H3,(H,21,23)(H,25,26)/t15-,16+/m1/s1. The number of carboxylic acids is 1. The van der Waals surface area contributed by atoms with Gasteiger partial charge in [-0.1, -0.05) is 18.2 Å². The number of benzene rings is 1. The Morgan fingerprint density at radius 3 is 2.59 bits per heavy atom. The number of pyridine rings is 1. The first kappa shape index (κ1) is 18.7. The molecule has 2 atom stereocenters. The highest BCUT2D eigenvalue weighted by atomic mass is 16.5. The molecule has 1 saturated heterocycles. The van der Waals surface area contributed by atoms with E-state index < -0.39 is 29.3 Å². The van der Waals surface area contributed by atoms with Crippen LogP contribution in [-0.4, -0.2) is 47.1 Å². The van der Waals surface area contributed by atoms with Gasteiger partial charge in [0.2, 0.25) is 0 Å². The number of nitrogens with one attached hydrogen (secondary N) is 1. The number of hydrogen-bond acceptors (Lipinski definition) is 4. The van der Waals surface area contributed by atoms with Gasteiger partial charge in [0.1, 0.15) is 11.3 Å². The number of aromatic nitrogens is 1. The molecule has 1 aromatic carbocycles. The molecule has 7 heteroatoms. The number of rotatable bonds is 4. The summed E-state index contributed by atoms with van der Waals surface area (Å²) in [6.45, 7) is 3.83. The Kier molecular flexibility index (Phi) is 5.03. The lowest BCUT2D eigenvalue weighted by atomic mass is 9.88. The van der Waals surface area contributed by atoms with Gasteiger partial charge in [0, 0.05) is 24.7 Å². The lowest BCUT2D eigenvalue weighted by Crippen LogP contribution is -2.34. The molecule has 2 heterocycles. The van der Waals surface area contributed by atoms with Crippen molar-refractivity contribution in [3.63, 3.8) is 0 Å². The highest BCUT2D eigenvalue weighted by Gasteiger charge is 2.42. The van der Waals surface area contributed by atoms with Gasteiger partial charge >= 0.3 is 5.97 Å². The number of carbonyl (C=O) groups excluding carboxylic acids is 1. The third-order valence-electron chi connectivity index (χ3n) is 5.19. The summed E-state index contributed by atoms with van der Waals surface area (Å²) < 4.78 is 5.36. The maximum absolute atomic E-state index is 12.9. The molecule has 1 aliphatic heterocycles. The van der Waals surface area contributed by atoms with Crippen LogP contribution in [0, 0.1) is 19.8 Å². The highest BCUT2D eigenvalue weighted by molar-refractivity contribution is 5.95. The molecular weight excluding hydrogens is 348 g/mol. The van der Waals surface area contributed by atoms with E-state index in [2.05, 4.69) is 4.98 Å². The van der Waals surface area contributed by atoms with Crippen LogP contribution in [0.15, 0.2) is 35.1 Å².